The van der Waals surface area contributed by atoms with Gasteiger partial charge in [0, 0.05) is 22.9 Å². The van der Waals surface area contributed by atoms with Crippen molar-refractivity contribution in [3.8, 4) is 11.5 Å². The molecule has 3 aromatic rings. The van der Waals surface area contributed by atoms with Crippen molar-refractivity contribution < 1.29 is 29.0 Å². The number of carbonyl (C=O) groups is 3. The number of aliphatic carboxylic acids is 1. The van der Waals surface area contributed by atoms with Crippen LogP contribution in [0, 0.1) is 18.8 Å². The van der Waals surface area contributed by atoms with Crippen molar-refractivity contribution >= 4 is 35.2 Å². The lowest BCUT2D eigenvalue weighted by atomic mass is 9.91. The van der Waals surface area contributed by atoms with Crippen molar-refractivity contribution in [1.29, 1.82) is 0 Å². The predicted molar refractivity (Wildman–Crippen MR) is 166 cm³/mol. The molecule has 0 heterocycles. The third-order valence-corrected chi connectivity index (χ3v) is 7.80. The highest BCUT2D eigenvalue weighted by Crippen LogP contribution is 2.32. The van der Waals surface area contributed by atoms with Gasteiger partial charge in [-0.05, 0) is 61.2 Å². The van der Waals surface area contributed by atoms with Crippen LogP contribution in [0.1, 0.15) is 50.3 Å². The summed E-state index contributed by atoms with van der Waals surface area (Å²) in [5, 5.41) is 12.5. The van der Waals surface area contributed by atoms with E-state index < -0.39 is 17.9 Å². The van der Waals surface area contributed by atoms with E-state index in [0.29, 0.717) is 29.4 Å². The van der Waals surface area contributed by atoms with Crippen LogP contribution in [0.2, 0.25) is 0 Å². The Morgan fingerprint density at radius 3 is 2.17 bits per heavy atom. The number of hydrogen-bond acceptors (Lipinski definition) is 6. The van der Waals surface area contributed by atoms with E-state index in [1.165, 1.54) is 14.2 Å². The first-order valence-electron chi connectivity index (χ1n) is 13.9. The van der Waals surface area contributed by atoms with Gasteiger partial charge >= 0.3 is 5.97 Å². The van der Waals surface area contributed by atoms with Crippen LogP contribution in [-0.4, -0.2) is 43.0 Å². The number of para-hydroxylation sites is 1. The molecule has 2 atom stereocenters. The molecule has 3 aromatic carbocycles. The zero-order valence-electron chi connectivity index (χ0n) is 24.8. The Kier molecular flexibility index (Phi) is 12.3. The number of amides is 2. The third kappa shape index (κ3) is 9.55. The number of thioether (sulfide) groups is 1. The number of methoxy groups -OCH3 is 2. The standard InChI is InChI=1S/C33H40N2O6S/c1-22(2)17-25(33(39)34-28(20-32(37)38)24-13-16-29(40-4)30(18-24)41-5)19-31(36)35(26-9-7-6-8-10-26)21-42-27-14-11-23(3)12-15-27/h6-16,18,22,25,28H,17,19-21H2,1-5H3,(H,34,39)(H,37,38). The number of carbonyl (C=O) groups excluding carboxylic acids is 2. The largest absolute Gasteiger partial charge is 0.493 e. The summed E-state index contributed by atoms with van der Waals surface area (Å²) >= 11 is 1.55. The van der Waals surface area contributed by atoms with Crippen LogP contribution in [0.3, 0.4) is 0 Å². The first kappa shape index (κ1) is 32.5. The number of benzene rings is 3. The van der Waals surface area contributed by atoms with E-state index in [9.17, 15) is 19.5 Å². The van der Waals surface area contributed by atoms with Crippen LogP contribution in [-0.2, 0) is 14.4 Å². The van der Waals surface area contributed by atoms with Crippen molar-refractivity contribution in [2.45, 2.75) is 51.0 Å². The third-order valence-electron chi connectivity index (χ3n) is 6.80. The molecule has 0 saturated heterocycles. The van der Waals surface area contributed by atoms with Gasteiger partial charge in [0.15, 0.2) is 11.5 Å². The smallest absolute Gasteiger partial charge is 0.305 e. The van der Waals surface area contributed by atoms with Gasteiger partial charge < -0.3 is 24.8 Å². The second-order valence-corrected chi connectivity index (χ2v) is 11.6. The molecule has 42 heavy (non-hydrogen) atoms. The van der Waals surface area contributed by atoms with Gasteiger partial charge in [-0.3, -0.25) is 14.4 Å². The average molecular weight is 593 g/mol. The highest BCUT2D eigenvalue weighted by Gasteiger charge is 2.29. The second kappa shape index (κ2) is 15.9. The van der Waals surface area contributed by atoms with Crippen LogP contribution < -0.4 is 19.7 Å². The predicted octanol–water partition coefficient (Wildman–Crippen LogP) is 6.48. The summed E-state index contributed by atoms with van der Waals surface area (Å²) in [6.07, 6.45) is 0.128. The molecule has 3 rings (SSSR count). The number of aryl methyl sites for hydroxylation is 1. The molecule has 9 heteroatoms. The number of anilines is 1. The lowest BCUT2D eigenvalue weighted by molar-refractivity contribution is -0.138. The zero-order chi connectivity index (χ0) is 30.6. The van der Waals surface area contributed by atoms with Crippen LogP contribution >= 0.6 is 11.8 Å². The minimum Gasteiger partial charge on any atom is -0.493 e. The average Bonchev–Trinajstić information content (AvgIpc) is 2.97. The monoisotopic (exact) mass is 592 g/mol. The summed E-state index contributed by atoms with van der Waals surface area (Å²) in [6.45, 7) is 6.02. The van der Waals surface area contributed by atoms with Gasteiger partial charge in [-0.15, -0.1) is 11.8 Å². The van der Waals surface area contributed by atoms with E-state index in [4.69, 9.17) is 9.47 Å². The van der Waals surface area contributed by atoms with Crippen molar-refractivity contribution in [3.05, 3.63) is 83.9 Å². The van der Waals surface area contributed by atoms with Crippen LogP contribution in [0.15, 0.2) is 77.7 Å². The van der Waals surface area contributed by atoms with Gasteiger partial charge in [0.1, 0.15) is 0 Å². The normalized spacial score (nSPS) is 12.3. The zero-order valence-corrected chi connectivity index (χ0v) is 25.6. The number of hydrogen-bond donors (Lipinski definition) is 2. The Labute approximate surface area is 252 Å². The van der Waals surface area contributed by atoms with E-state index >= 15 is 0 Å². The molecule has 0 radical (unpaired) electrons. The Hall–Kier alpha value is -3.98. The SMILES string of the molecule is COc1ccc(C(CC(=O)O)NC(=O)C(CC(=O)N(CSc2ccc(C)cc2)c2ccccc2)CC(C)C)cc1OC. The Morgan fingerprint density at radius 1 is 0.905 bits per heavy atom. The fraction of sp³-hybridized carbons (Fsp3) is 0.364. The first-order chi connectivity index (χ1) is 20.1. The summed E-state index contributed by atoms with van der Waals surface area (Å²) in [4.78, 5) is 42.0. The van der Waals surface area contributed by atoms with Crippen molar-refractivity contribution in [1.82, 2.24) is 5.32 Å². The molecule has 8 nitrogen and oxygen atoms in total. The van der Waals surface area contributed by atoms with Crippen molar-refractivity contribution in [3.63, 3.8) is 0 Å². The fourth-order valence-corrected chi connectivity index (χ4v) is 5.53. The molecular formula is C33H40N2O6S. The van der Waals surface area contributed by atoms with E-state index in [2.05, 4.69) is 5.32 Å². The maximum absolute atomic E-state index is 13.8. The number of ether oxygens (including phenoxy) is 2. The molecule has 0 aliphatic rings. The molecule has 0 spiro atoms. The number of nitrogens with zero attached hydrogens (tertiary/aromatic N) is 1. The quantitative estimate of drug-likeness (QED) is 0.154. The Bertz CT molecular complexity index is 1330. The van der Waals surface area contributed by atoms with Crippen molar-refractivity contribution in [2.24, 2.45) is 11.8 Å². The first-order valence-corrected chi connectivity index (χ1v) is 14.9. The number of nitrogens with one attached hydrogen (secondary N) is 1. The van der Waals surface area contributed by atoms with Gasteiger partial charge in [0.25, 0.3) is 0 Å². The molecule has 2 amide bonds. The molecule has 0 saturated carbocycles. The van der Waals surface area contributed by atoms with Gasteiger partial charge in [-0.2, -0.15) is 0 Å². The number of carboxylic acids is 1. The van der Waals surface area contributed by atoms with E-state index in [0.717, 1.165) is 16.1 Å². The molecule has 0 aromatic heterocycles. The molecule has 224 valence electrons. The summed E-state index contributed by atoms with van der Waals surface area (Å²) in [6, 6.07) is 21.8. The van der Waals surface area contributed by atoms with Gasteiger partial charge in [-0.25, -0.2) is 0 Å². The Morgan fingerprint density at radius 2 is 1.57 bits per heavy atom. The number of rotatable bonds is 15. The second-order valence-electron chi connectivity index (χ2n) is 10.5. The number of carboxylic acid groups (broad SMARTS) is 1. The van der Waals surface area contributed by atoms with E-state index in [-0.39, 0.29) is 30.6 Å². The van der Waals surface area contributed by atoms with E-state index in [1.807, 2.05) is 75.4 Å². The maximum atomic E-state index is 13.8. The summed E-state index contributed by atoms with van der Waals surface area (Å²) in [5.74, 6) is -0.804. The summed E-state index contributed by atoms with van der Waals surface area (Å²) in [5.41, 5.74) is 2.48. The highest BCUT2D eigenvalue weighted by molar-refractivity contribution is 7.99. The molecule has 0 fully saturated rings. The van der Waals surface area contributed by atoms with Gasteiger partial charge in [0.2, 0.25) is 11.8 Å². The molecule has 2 N–H and O–H groups in total. The van der Waals surface area contributed by atoms with Crippen LogP contribution in [0.4, 0.5) is 5.69 Å². The summed E-state index contributed by atoms with van der Waals surface area (Å²) in [7, 11) is 3.01. The minimum atomic E-state index is -1.06. The lowest BCUT2D eigenvalue weighted by Gasteiger charge is -2.27. The maximum Gasteiger partial charge on any atom is 0.305 e. The van der Waals surface area contributed by atoms with Crippen LogP contribution in [0.5, 0.6) is 11.5 Å². The van der Waals surface area contributed by atoms with Gasteiger partial charge in [-0.1, -0.05) is 55.8 Å². The Balaban J connectivity index is 1.83. The molecule has 0 aliphatic heterocycles. The molecular weight excluding hydrogens is 552 g/mol. The lowest BCUT2D eigenvalue weighted by Crippen LogP contribution is -2.39. The minimum absolute atomic E-state index is 0.0148. The van der Waals surface area contributed by atoms with E-state index in [1.54, 1.807) is 34.9 Å². The molecule has 0 aliphatic carbocycles. The van der Waals surface area contributed by atoms with Crippen molar-refractivity contribution in [2.75, 3.05) is 25.0 Å². The highest BCUT2D eigenvalue weighted by atomic mass is 32.2. The molecule has 2 unspecified atom stereocenters. The molecule has 0 bridgehead atoms. The van der Waals surface area contributed by atoms with Gasteiger partial charge in [0.05, 0.1) is 32.6 Å². The summed E-state index contributed by atoms with van der Waals surface area (Å²) < 4.78 is 10.7. The topological polar surface area (TPSA) is 105 Å². The fourth-order valence-electron chi connectivity index (χ4n) is 4.63. The van der Waals surface area contributed by atoms with Crippen LogP contribution in [0.25, 0.3) is 0 Å².